The van der Waals surface area contributed by atoms with E-state index in [1.165, 1.54) is 215 Å². The predicted octanol–water partition coefficient (Wildman–Crippen LogP) is 24.5. The van der Waals surface area contributed by atoms with E-state index in [-0.39, 0.29) is 0 Å². The molecule has 0 atom stereocenters. The zero-order chi connectivity index (χ0) is 80.3. The lowest BCUT2D eigenvalue weighted by Crippen LogP contribution is -2.06. The van der Waals surface area contributed by atoms with Gasteiger partial charge >= 0.3 is 0 Å². The summed E-state index contributed by atoms with van der Waals surface area (Å²) in [6.07, 6.45) is 57.5. The van der Waals surface area contributed by atoms with E-state index in [0.29, 0.717) is 11.8 Å². The number of aryl methyl sites for hydroxylation is 10. The molecule has 0 aliphatic carbocycles. The highest BCUT2D eigenvalue weighted by atomic mass is 15.4. The first-order valence-corrected chi connectivity index (χ1v) is 44.8. The van der Waals surface area contributed by atoms with Crippen molar-refractivity contribution in [2.24, 2.45) is 71.0 Å². The van der Waals surface area contributed by atoms with E-state index < -0.39 is 0 Å². The van der Waals surface area contributed by atoms with Gasteiger partial charge in [-0.25, -0.2) is 18.7 Å². The van der Waals surface area contributed by atoms with Crippen molar-refractivity contribution < 1.29 is 0 Å². The second-order valence-corrected chi connectivity index (χ2v) is 36.8. The van der Waals surface area contributed by atoms with Gasteiger partial charge in [0, 0.05) is 51.7 Å². The van der Waals surface area contributed by atoms with Crippen LogP contribution >= 0.6 is 0 Å². The third-order valence-corrected chi connectivity index (χ3v) is 19.5. The Labute approximate surface area is 665 Å². The van der Waals surface area contributed by atoms with Crippen molar-refractivity contribution in [3.05, 3.63) is 71.3 Å². The molecule has 0 aliphatic heterocycles. The smallest absolute Gasteiger partial charge is 0.0829 e. The second-order valence-electron chi connectivity index (χ2n) is 36.8. The van der Waals surface area contributed by atoms with E-state index in [0.717, 1.165) is 148 Å². The van der Waals surface area contributed by atoms with Gasteiger partial charge in [-0.05, 0) is 180 Å². The summed E-state index contributed by atoms with van der Waals surface area (Å²) < 4.78 is 12.4. The van der Waals surface area contributed by atoms with Crippen LogP contribution < -0.4 is 0 Å². The number of unbranched alkanes of at least 4 members (excludes halogenated alkanes) is 12. The molecule has 0 fully saturated rings. The molecule has 0 saturated heterocycles. The molecule has 0 bridgehead atoms. The van der Waals surface area contributed by atoms with E-state index in [4.69, 9.17) is 0 Å². The van der Waals surface area contributed by atoms with Crippen LogP contribution in [0, 0.1) is 71.0 Å². The lowest BCUT2D eigenvalue weighted by molar-refractivity contribution is 0.472. The van der Waals surface area contributed by atoms with E-state index in [1.807, 2.05) is 34.2 Å². The molecule has 0 N–H and O–H groups in total. The molecule has 0 unspecified atom stereocenters. The van der Waals surface area contributed by atoms with Crippen LogP contribution in [0.2, 0.25) is 0 Å². The minimum Gasteiger partial charge on any atom is -0.252 e. The van der Waals surface area contributed by atoms with Gasteiger partial charge < -0.3 is 0 Å². The van der Waals surface area contributed by atoms with Gasteiger partial charge in [-0.1, -0.05) is 319 Å². The molecule has 6 heterocycles. The van der Waals surface area contributed by atoms with Gasteiger partial charge in [-0.3, -0.25) is 9.36 Å². The fraction of sp³-hybridized carbons (Fsp3) is 0.867. The van der Waals surface area contributed by atoms with Crippen molar-refractivity contribution in [3.8, 4) is 0 Å². The molecule has 6 rings (SSSR count). The number of nitrogens with zero attached hydrogens (tertiary/aromatic N) is 18. The minimum atomic E-state index is 0.635. The van der Waals surface area contributed by atoms with E-state index in [2.05, 4.69) is 259 Å². The summed E-state index contributed by atoms with van der Waals surface area (Å²) in [7, 11) is 0. The summed E-state index contributed by atoms with van der Waals surface area (Å²) in [4.78, 5) is 0. The van der Waals surface area contributed by atoms with E-state index in [1.54, 1.807) is 0 Å². The van der Waals surface area contributed by atoms with E-state index >= 15 is 0 Å². The highest BCUT2D eigenvalue weighted by Crippen LogP contribution is 2.19. The molecule has 6 aromatic heterocycles. The van der Waals surface area contributed by atoms with Crippen molar-refractivity contribution in [2.75, 3.05) is 0 Å². The van der Waals surface area contributed by atoms with Gasteiger partial charge in [-0.2, -0.15) is 0 Å². The molecule has 0 amide bonds. The molecule has 0 aliphatic rings. The maximum Gasteiger partial charge on any atom is 0.0829 e. The molecule has 0 saturated carbocycles. The Morgan fingerprint density at radius 3 is 0.833 bits per heavy atom. The molecular weight excluding hydrogens is 1330 g/mol. The fourth-order valence-electron chi connectivity index (χ4n) is 12.8. The number of hydrogen-bond donors (Lipinski definition) is 0. The molecule has 108 heavy (non-hydrogen) atoms. The zero-order valence-corrected chi connectivity index (χ0v) is 75.1. The minimum absolute atomic E-state index is 0.635. The van der Waals surface area contributed by atoms with Crippen LogP contribution in [-0.2, 0) is 77.8 Å². The van der Waals surface area contributed by atoms with Crippen LogP contribution in [0.15, 0.2) is 37.2 Å². The second kappa shape index (κ2) is 64.4. The maximum atomic E-state index is 4.21. The number of aromatic nitrogens is 18. The molecular formula is C90H174N18. The molecule has 18 nitrogen and oxygen atoms in total. The molecule has 0 spiro atoms. The highest BCUT2D eigenvalue weighted by molar-refractivity contribution is 4.98. The first-order chi connectivity index (χ1) is 51.5. The predicted molar refractivity (Wildman–Crippen MR) is 459 cm³/mol. The summed E-state index contributed by atoms with van der Waals surface area (Å²) in [5.74, 6) is 9.35. The average molecular weight is 1510 g/mol. The van der Waals surface area contributed by atoms with Crippen LogP contribution in [-0.4, -0.2) is 90.0 Å². The van der Waals surface area contributed by atoms with Crippen molar-refractivity contribution >= 4 is 0 Å². The fourth-order valence-corrected chi connectivity index (χ4v) is 12.8. The molecule has 6 aromatic rings. The Balaban J connectivity index is 0.000000649. The van der Waals surface area contributed by atoms with Crippen LogP contribution in [0.5, 0.6) is 0 Å². The van der Waals surface area contributed by atoms with Crippen molar-refractivity contribution in [1.82, 2.24) is 90.0 Å². The largest absolute Gasteiger partial charge is 0.252 e. The Bertz CT molecular complexity index is 2760. The van der Waals surface area contributed by atoms with Crippen molar-refractivity contribution in [1.29, 1.82) is 0 Å². The zero-order valence-electron chi connectivity index (χ0n) is 75.1. The first-order valence-electron chi connectivity index (χ1n) is 44.8. The summed E-state index contributed by atoms with van der Waals surface area (Å²) in [6, 6.07) is 0. The molecule has 18 heteroatoms. The van der Waals surface area contributed by atoms with E-state index in [9.17, 15) is 0 Å². The van der Waals surface area contributed by atoms with Crippen LogP contribution in [0.25, 0.3) is 0 Å². The normalized spacial score (nSPS) is 11.7. The summed E-state index contributed by atoms with van der Waals surface area (Å²) in [5.41, 5.74) is 7.49. The lowest BCUT2D eigenvalue weighted by Gasteiger charge is -2.08. The van der Waals surface area contributed by atoms with Crippen LogP contribution in [0.4, 0.5) is 0 Å². The number of rotatable bonds is 54. The summed E-state index contributed by atoms with van der Waals surface area (Å²) in [6.45, 7) is 60.6. The molecule has 0 aromatic carbocycles. The Morgan fingerprint density at radius 2 is 0.500 bits per heavy atom. The van der Waals surface area contributed by atoms with Crippen LogP contribution in [0.3, 0.4) is 0 Å². The van der Waals surface area contributed by atoms with Gasteiger partial charge in [0.05, 0.1) is 59.0 Å². The molecule has 0 radical (unpaired) electrons. The Morgan fingerprint density at radius 1 is 0.222 bits per heavy atom. The van der Waals surface area contributed by atoms with Gasteiger partial charge in [0.1, 0.15) is 0 Å². The standard InChI is InChI=1S/4C16H31N3.C14H27N3.C12H23N3/c2*1-14(2)9-6-5-7-12-19-16(13-17-18-19)11-8-10-15(3)4;2*1-14(2)9-7-5-6-8-12-19-16(13-17-18-19)11-10-15(3)4;1-12(2)8-6-5-7-9-14-11-17(16-15-14)10-13(3)4;1-10(2)6-5-7-15-9-12(13-14-15)8-11(3)4/h4*13-15H,5-12H2,1-4H3;11-13H,5-10H2,1-4H3;9-11H,5-8H2,1-4H3. The average Bonchev–Trinajstić information content (AvgIpc) is 1.79. The van der Waals surface area contributed by atoms with Gasteiger partial charge in [0.25, 0.3) is 0 Å². The number of hydrogen-bond acceptors (Lipinski definition) is 12. The van der Waals surface area contributed by atoms with Crippen molar-refractivity contribution in [3.63, 3.8) is 0 Å². The topological polar surface area (TPSA) is 184 Å². The third kappa shape index (κ3) is 58.7. The first kappa shape index (κ1) is 101. The molecule has 624 valence electrons. The third-order valence-electron chi connectivity index (χ3n) is 19.5. The SMILES string of the molecule is CC(C)CCCCCCn1nncc1CCC(C)C.CC(C)CCCCCCn1nncc1CCC(C)C.CC(C)CCCCCc1cn(CC(C)C)nn1.CC(C)CCCCCn1nncc1CCCC(C)C.CC(C)CCCCCn1nncc1CCCC(C)C.CC(C)CCCn1cc(CC(C)C)nn1. The van der Waals surface area contributed by atoms with Crippen LogP contribution in [0.1, 0.15) is 393 Å². The Kier molecular flexibility index (Phi) is 60.1. The quantitative estimate of drug-likeness (QED) is 0.0330. The van der Waals surface area contributed by atoms with Gasteiger partial charge in [0.2, 0.25) is 0 Å². The monoisotopic (exact) mass is 1510 g/mol. The van der Waals surface area contributed by atoms with Gasteiger partial charge in [0.15, 0.2) is 0 Å². The maximum absolute atomic E-state index is 4.21. The summed E-state index contributed by atoms with van der Waals surface area (Å²) in [5, 5.41) is 49.7. The van der Waals surface area contributed by atoms with Crippen molar-refractivity contribution in [2.45, 2.75) is 437 Å². The highest BCUT2D eigenvalue weighted by Gasteiger charge is 2.12. The Hall–Kier alpha value is -5.16. The van der Waals surface area contributed by atoms with Gasteiger partial charge in [-0.15, -0.1) is 30.6 Å². The summed E-state index contributed by atoms with van der Waals surface area (Å²) >= 11 is 0. The lowest BCUT2D eigenvalue weighted by atomic mass is 10.0.